The van der Waals surface area contributed by atoms with Crippen LogP contribution in [0.1, 0.15) is 25.5 Å². The van der Waals surface area contributed by atoms with Gasteiger partial charge < -0.3 is 0 Å². The molecule has 13 heavy (non-hydrogen) atoms. The highest BCUT2D eigenvalue weighted by molar-refractivity contribution is 9.10. The summed E-state index contributed by atoms with van der Waals surface area (Å²) in [5, 5.41) is 0. The van der Waals surface area contributed by atoms with E-state index in [-0.39, 0.29) is 0 Å². The minimum Gasteiger partial charge on any atom is -0.294 e. The van der Waals surface area contributed by atoms with Crippen LogP contribution in [0.2, 0.25) is 0 Å². The molecule has 0 aliphatic heterocycles. The molecule has 2 heterocycles. The van der Waals surface area contributed by atoms with Crippen LogP contribution in [-0.2, 0) is 0 Å². The lowest BCUT2D eigenvalue weighted by molar-refractivity contribution is 0.834. The van der Waals surface area contributed by atoms with Crippen LogP contribution in [0.15, 0.2) is 29.0 Å². The van der Waals surface area contributed by atoms with Crippen molar-refractivity contribution in [1.29, 1.82) is 0 Å². The molecule has 2 rings (SSSR count). The first-order valence-corrected chi connectivity index (χ1v) is 5.11. The zero-order chi connectivity index (χ0) is 9.42. The Hall–Kier alpha value is -0.830. The van der Waals surface area contributed by atoms with Crippen molar-refractivity contribution >= 4 is 21.6 Å². The molecule has 2 aromatic rings. The van der Waals surface area contributed by atoms with Gasteiger partial charge in [0, 0.05) is 6.20 Å². The van der Waals surface area contributed by atoms with Crippen LogP contribution in [0.3, 0.4) is 0 Å². The Morgan fingerprint density at radius 2 is 2.15 bits per heavy atom. The Morgan fingerprint density at radius 3 is 2.77 bits per heavy atom. The fourth-order valence-electron chi connectivity index (χ4n) is 1.27. The Balaban J connectivity index is 2.68. The minimum atomic E-state index is 0.479. The second kappa shape index (κ2) is 3.14. The Kier molecular flexibility index (Phi) is 2.12. The van der Waals surface area contributed by atoms with Crippen LogP contribution < -0.4 is 0 Å². The van der Waals surface area contributed by atoms with Crippen LogP contribution in [0.25, 0.3) is 5.65 Å². The quantitative estimate of drug-likeness (QED) is 0.698. The van der Waals surface area contributed by atoms with Crippen LogP contribution in [-0.4, -0.2) is 9.38 Å². The van der Waals surface area contributed by atoms with Crippen molar-refractivity contribution in [2.24, 2.45) is 0 Å². The number of fused-ring (bicyclic) bond motifs is 1. The molecular weight excluding hydrogens is 228 g/mol. The number of aromatic nitrogens is 2. The van der Waals surface area contributed by atoms with Crippen molar-refractivity contribution in [3.05, 3.63) is 34.7 Å². The van der Waals surface area contributed by atoms with Crippen LogP contribution in [0.5, 0.6) is 0 Å². The molecule has 2 nitrogen and oxygen atoms in total. The molecule has 0 aromatic carbocycles. The third-order valence-corrected chi connectivity index (χ3v) is 2.70. The minimum absolute atomic E-state index is 0.479. The van der Waals surface area contributed by atoms with Gasteiger partial charge in [0.1, 0.15) is 5.65 Å². The first kappa shape index (κ1) is 8.75. The summed E-state index contributed by atoms with van der Waals surface area (Å²) in [6.45, 7) is 4.30. The third-order valence-electron chi connectivity index (χ3n) is 2.05. The first-order chi connectivity index (χ1) is 6.18. The first-order valence-electron chi connectivity index (χ1n) is 4.32. The number of hydrogen-bond acceptors (Lipinski definition) is 1. The van der Waals surface area contributed by atoms with E-state index in [1.54, 1.807) is 0 Å². The molecule has 68 valence electrons. The molecule has 0 N–H and O–H groups in total. The van der Waals surface area contributed by atoms with Gasteiger partial charge in [0.15, 0.2) is 0 Å². The summed E-state index contributed by atoms with van der Waals surface area (Å²) in [5.74, 6) is 0.479. The molecule has 0 atom stereocenters. The summed E-state index contributed by atoms with van der Waals surface area (Å²) >= 11 is 3.48. The summed E-state index contributed by atoms with van der Waals surface area (Å²) in [6, 6.07) is 6.02. The number of pyridine rings is 1. The second-order valence-corrected chi connectivity index (χ2v) is 4.21. The highest BCUT2D eigenvalue weighted by Gasteiger charge is 2.05. The molecule has 0 aliphatic rings. The van der Waals surface area contributed by atoms with Crippen molar-refractivity contribution in [1.82, 2.24) is 9.38 Å². The third kappa shape index (κ3) is 1.48. The molecule has 0 radical (unpaired) electrons. The second-order valence-electron chi connectivity index (χ2n) is 3.40. The molecule has 0 fully saturated rings. The summed E-state index contributed by atoms with van der Waals surface area (Å²) in [6.07, 6.45) is 2.07. The molecule has 0 unspecified atom stereocenters. The average Bonchev–Trinajstić information content (AvgIpc) is 2.49. The normalized spacial score (nSPS) is 11.4. The molecule has 0 spiro atoms. The van der Waals surface area contributed by atoms with Crippen molar-refractivity contribution in [2.75, 3.05) is 0 Å². The zero-order valence-electron chi connectivity index (χ0n) is 7.66. The van der Waals surface area contributed by atoms with Gasteiger partial charge in [-0.05, 0) is 34.0 Å². The number of halogens is 1. The van der Waals surface area contributed by atoms with Gasteiger partial charge in [0.2, 0.25) is 0 Å². The molecule has 0 bridgehead atoms. The fraction of sp³-hybridized carbons (Fsp3) is 0.300. The molecule has 2 aromatic heterocycles. The van der Waals surface area contributed by atoms with Gasteiger partial charge in [-0.2, -0.15) is 0 Å². The lowest BCUT2D eigenvalue weighted by Crippen LogP contribution is -1.84. The average molecular weight is 239 g/mol. The maximum absolute atomic E-state index is 4.51. The molecule has 0 saturated carbocycles. The predicted molar refractivity (Wildman–Crippen MR) is 57.0 cm³/mol. The number of hydrogen-bond donors (Lipinski definition) is 0. The van der Waals surface area contributed by atoms with Gasteiger partial charge in [0.25, 0.3) is 0 Å². The lowest BCUT2D eigenvalue weighted by Gasteiger charge is -1.95. The van der Waals surface area contributed by atoms with E-state index in [0.717, 1.165) is 15.9 Å². The fourth-order valence-corrected chi connectivity index (χ4v) is 1.71. The van der Waals surface area contributed by atoms with E-state index in [4.69, 9.17) is 0 Å². The van der Waals surface area contributed by atoms with E-state index >= 15 is 0 Å². The largest absolute Gasteiger partial charge is 0.294 e. The Morgan fingerprint density at radius 1 is 1.38 bits per heavy atom. The van der Waals surface area contributed by atoms with Crippen molar-refractivity contribution in [3.8, 4) is 0 Å². The monoisotopic (exact) mass is 238 g/mol. The van der Waals surface area contributed by atoms with E-state index in [1.165, 1.54) is 0 Å². The van der Waals surface area contributed by atoms with Gasteiger partial charge in [-0.15, -0.1) is 0 Å². The van der Waals surface area contributed by atoms with Gasteiger partial charge >= 0.3 is 0 Å². The molecule has 0 saturated heterocycles. The topological polar surface area (TPSA) is 17.3 Å². The molecular formula is C10H11BrN2. The van der Waals surface area contributed by atoms with Crippen molar-refractivity contribution < 1.29 is 0 Å². The standard InChI is InChI=1S/C10H11BrN2/c1-7(2)8-6-13-9(11)4-3-5-10(13)12-8/h3-7H,1-2H3. The SMILES string of the molecule is CC(C)c1cn2c(Br)cccc2n1. The maximum Gasteiger partial charge on any atom is 0.137 e. The Bertz CT molecular complexity index is 431. The van der Waals surface area contributed by atoms with Crippen molar-refractivity contribution in [3.63, 3.8) is 0 Å². The molecule has 3 heteroatoms. The van der Waals surface area contributed by atoms with E-state index in [9.17, 15) is 0 Å². The highest BCUT2D eigenvalue weighted by atomic mass is 79.9. The zero-order valence-corrected chi connectivity index (χ0v) is 9.25. The Labute approximate surface area is 85.7 Å². The number of nitrogens with zero attached hydrogens (tertiary/aromatic N) is 2. The summed E-state index contributed by atoms with van der Waals surface area (Å²) < 4.78 is 3.10. The van der Waals surface area contributed by atoms with Crippen LogP contribution >= 0.6 is 15.9 Å². The van der Waals surface area contributed by atoms with E-state index in [1.807, 2.05) is 18.2 Å². The van der Waals surface area contributed by atoms with Gasteiger partial charge in [0.05, 0.1) is 10.3 Å². The van der Waals surface area contributed by atoms with E-state index in [0.29, 0.717) is 5.92 Å². The summed E-state index contributed by atoms with van der Waals surface area (Å²) in [7, 11) is 0. The lowest BCUT2D eigenvalue weighted by atomic mass is 10.2. The van der Waals surface area contributed by atoms with Gasteiger partial charge in [-0.3, -0.25) is 4.40 Å². The smallest absolute Gasteiger partial charge is 0.137 e. The number of imidazole rings is 1. The summed E-state index contributed by atoms with van der Waals surface area (Å²) in [5.41, 5.74) is 2.13. The van der Waals surface area contributed by atoms with Crippen LogP contribution in [0, 0.1) is 0 Å². The van der Waals surface area contributed by atoms with E-state index < -0.39 is 0 Å². The summed E-state index contributed by atoms with van der Waals surface area (Å²) in [4.78, 5) is 4.51. The van der Waals surface area contributed by atoms with Crippen molar-refractivity contribution in [2.45, 2.75) is 19.8 Å². The molecule has 0 aliphatic carbocycles. The maximum atomic E-state index is 4.51. The highest BCUT2D eigenvalue weighted by Crippen LogP contribution is 2.18. The van der Waals surface area contributed by atoms with E-state index in [2.05, 4.69) is 45.4 Å². The van der Waals surface area contributed by atoms with Gasteiger partial charge in [-0.1, -0.05) is 19.9 Å². The predicted octanol–water partition coefficient (Wildman–Crippen LogP) is 3.22. The van der Waals surface area contributed by atoms with Crippen LogP contribution in [0.4, 0.5) is 0 Å². The van der Waals surface area contributed by atoms with Gasteiger partial charge in [-0.25, -0.2) is 4.98 Å². The number of rotatable bonds is 1. The molecule has 0 amide bonds.